The van der Waals surface area contributed by atoms with Gasteiger partial charge in [-0.05, 0) is 38.5 Å². The molecule has 96 valence electrons. The van der Waals surface area contributed by atoms with Crippen LogP contribution in [0.15, 0.2) is 34.2 Å². The van der Waals surface area contributed by atoms with Gasteiger partial charge in [-0.25, -0.2) is 4.98 Å². The molecule has 0 saturated carbocycles. The zero-order chi connectivity index (χ0) is 13.2. The molecule has 2 nitrogen and oxygen atoms in total. The van der Waals surface area contributed by atoms with Crippen molar-refractivity contribution in [3.63, 3.8) is 0 Å². The summed E-state index contributed by atoms with van der Waals surface area (Å²) in [4.78, 5) is 5.58. The lowest BCUT2D eigenvalue weighted by atomic mass is 9.94. The summed E-state index contributed by atoms with van der Waals surface area (Å²) in [5.41, 5.74) is 4.27. The third-order valence-corrected chi connectivity index (χ3v) is 4.57. The maximum absolute atomic E-state index is 4.27. The standard InChI is InChI=1S/C14H17BrN2S/c1-10-13(18-9-16-10)8-17-14(2,3)11-4-6-12(15)7-5-11/h4-7,9,17H,8H2,1-3H3. The predicted molar refractivity (Wildman–Crippen MR) is 80.9 cm³/mol. The van der Waals surface area contributed by atoms with Gasteiger partial charge < -0.3 is 5.32 Å². The Balaban J connectivity index is 2.07. The van der Waals surface area contributed by atoms with Crippen LogP contribution in [0.3, 0.4) is 0 Å². The van der Waals surface area contributed by atoms with E-state index in [-0.39, 0.29) is 5.54 Å². The summed E-state index contributed by atoms with van der Waals surface area (Å²) in [5.74, 6) is 0. The normalized spacial score (nSPS) is 11.8. The highest BCUT2D eigenvalue weighted by atomic mass is 79.9. The number of hydrogen-bond donors (Lipinski definition) is 1. The van der Waals surface area contributed by atoms with Crippen LogP contribution in [0.4, 0.5) is 0 Å². The Morgan fingerprint density at radius 2 is 1.94 bits per heavy atom. The fourth-order valence-electron chi connectivity index (χ4n) is 1.77. The largest absolute Gasteiger partial charge is 0.303 e. The molecular formula is C14H17BrN2S. The monoisotopic (exact) mass is 324 g/mol. The van der Waals surface area contributed by atoms with Gasteiger partial charge in [0.1, 0.15) is 0 Å². The van der Waals surface area contributed by atoms with Crippen molar-refractivity contribution in [1.82, 2.24) is 10.3 Å². The summed E-state index contributed by atoms with van der Waals surface area (Å²) in [6, 6.07) is 8.46. The van der Waals surface area contributed by atoms with Crippen molar-refractivity contribution in [2.45, 2.75) is 32.9 Å². The summed E-state index contributed by atoms with van der Waals surface area (Å²) in [7, 11) is 0. The van der Waals surface area contributed by atoms with Crippen LogP contribution in [-0.2, 0) is 12.1 Å². The number of aryl methyl sites for hydroxylation is 1. The highest BCUT2D eigenvalue weighted by molar-refractivity contribution is 9.10. The van der Waals surface area contributed by atoms with E-state index in [1.54, 1.807) is 11.3 Å². The van der Waals surface area contributed by atoms with Gasteiger partial charge in [0, 0.05) is 21.4 Å². The first-order chi connectivity index (χ1) is 8.49. The van der Waals surface area contributed by atoms with Gasteiger partial charge in [0.15, 0.2) is 0 Å². The molecule has 0 saturated heterocycles. The predicted octanol–water partition coefficient (Wildman–Crippen LogP) is 4.24. The molecule has 2 aromatic rings. The van der Waals surface area contributed by atoms with Crippen LogP contribution in [0.2, 0.25) is 0 Å². The second-order valence-corrected chi connectivity index (χ2v) is 6.70. The summed E-state index contributed by atoms with van der Waals surface area (Å²) in [6.07, 6.45) is 0. The lowest BCUT2D eigenvalue weighted by Gasteiger charge is -2.27. The van der Waals surface area contributed by atoms with Crippen molar-refractivity contribution < 1.29 is 0 Å². The summed E-state index contributed by atoms with van der Waals surface area (Å²) in [6.45, 7) is 7.32. The topological polar surface area (TPSA) is 24.9 Å². The molecule has 0 fully saturated rings. The molecule has 18 heavy (non-hydrogen) atoms. The second kappa shape index (κ2) is 5.51. The number of nitrogens with one attached hydrogen (secondary N) is 1. The third-order valence-electron chi connectivity index (χ3n) is 3.10. The highest BCUT2D eigenvalue weighted by Gasteiger charge is 2.20. The number of thiazole rings is 1. The molecule has 1 aromatic heterocycles. The van der Waals surface area contributed by atoms with E-state index in [1.165, 1.54) is 10.4 Å². The van der Waals surface area contributed by atoms with Crippen LogP contribution in [0, 0.1) is 6.92 Å². The average molecular weight is 325 g/mol. The Labute approximate surface area is 121 Å². The van der Waals surface area contributed by atoms with Crippen LogP contribution in [0.25, 0.3) is 0 Å². The van der Waals surface area contributed by atoms with Gasteiger partial charge in [-0.3, -0.25) is 0 Å². The number of hydrogen-bond acceptors (Lipinski definition) is 3. The number of rotatable bonds is 4. The van der Waals surface area contributed by atoms with Crippen LogP contribution in [-0.4, -0.2) is 4.98 Å². The molecule has 0 atom stereocenters. The van der Waals surface area contributed by atoms with Crippen molar-refractivity contribution in [2.24, 2.45) is 0 Å². The number of nitrogens with zero attached hydrogens (tertiary/aromatic N) is 1. The van der Waals surface area contributed by atoms with Gasteiger partial charge in [0.25, 0.3) is 0 Å². The van der Waals surface area contributed by atoms with E-state index in [0.29, 0.717) is 0 Å². The van der Waals surface area contributed by atoms with Crippen molar-refractivity contribution in [2.75, 3.05) is 0 Å². The van der Waals surface area contributed by atoms with E-state index in [9.17, 15) is 0 Å². The molecule has 0 radical (unpaired) electrons. The average Bonchev–Trinajstić information content (AvgIpc) is 2.73. The van der Waals surface area contributed by atoms with E-state index in [0.717, 1.165) is 16.7 Å². The van der Waals surface area contributed by atoms with E-state index in [4.69, 9.17) is 0 Å². The van der Waals surface area contributed by atoms with Crippen LogP contribution >= 0.6 is 27.3 Å². The molecule has 4 heteroatoms. The molecule has 1 heterocycles. The molecule has 2 rings (SSSR count). The fourth-order valence-corrected chi connectivity index (χ4v) is 2.75. The zero-order valence-electron chi connectivity index (χ0n) is 10.8. The Morgan fingerprint density at radius 1 is 1.28 bits per heavy atom. The first kappa shape index (κ1) is 13.7. The van der Waals surface area contributed by atoms with Gasteiger partial charge in [0.05, 0.1) is 11.2 Å². The summed E-state index contributed by atoms with van der Waals surface area (Å²) < 4.78 is 1.11. The minimum atomic E-state index is -0.0445. The maximum Gasteiger partial charge on any atom is 0.0798 e. The van der Waals surface area contributed by atoms with E-state index >= 15 is 0 Å². The molecule has 0 bridgehead atoms. The lowest BCUT2D eigenvalue weighted by molar-refractivity contribution is 0.402. The number of benzene rings is 1. The van der Waals surface area contributed by atoms with Crippen molar-refractivity contribution in [3.8, 4) is 0 Å². The molecule has 0 amide bonds. The SMILES string of the molecule is Cc1ncsc1CNC(C)(C)c1ccc(Br)cc1. The molecule has 0 aliphatic rings. The summed E-state index contributed by atoms with van der Waals surface area (Å²) in [5, 5.41) is 3.59. The Kier molecular flexibility index (Phi) is 4.20. The number of aromatic nitrogens is 1. The van der Waals surface area contributed by atoms with Crippen LogP contribution in [0.1, 0.15) is 30.0 Å². The van der Waals surface area contributed by atoms with Crippen molar-refractivity contribution in [1.29, 1.82) is 0 Å². The van der Waals surface area contributed by atoms with Gasteiger partial charge in [0.2, 0.25) is 0 Å². The molecule has 0 unspecified atom stereocenters. The Morgan fingerprint density at radius 3 is 2.50 bits per heavy atom. The van der Waals surface area contributed by atoms with Crippen molar-refractivity contribution in [3.05, 3.63) is 50.4 Å². The quantitative estimate of drug-likeness (QED) is 0.909. The van der Waals surface area contributed by atoms with E-state index in [2.05, 4.69) is 71.3 Å². The molecular weight excluding hydrogens is 308 g/mol. The first-order valence-electron chi connectivity index (χ1n) is 5.89. The van der Waals surface area contributed by atoms with E-state index < -0.39 is 0 Å². The fraction of sp³-hybridized carbons (Fsp3) is 0.357. The lowest BCUT2D eigenvalue weighted by Crippen LogP contribution is -2.35. The maximum atomic E-state index is 4.27. The van der Waals surface area contributed by atoms with Crippen molar-refractivity contribution >= 4 is 27.3 Å². The summed E-state index contributed by atoms with van der Waals surface area (Å²) >= 11 is 5.17. The zero-order valence-corrected chi connectivity index (χ0v) is 13.2. The Hall–Kier alpha value is -0.710. The third kappa shape index (κ3) is 3.19. The van der Waals surface area contributed by atoms with Crippen LogP contribution in [0.5, 0.6) is 0 Å². The van der Waals surface area contributed by atoms with Gasteiger partial charge in [-0.15, -0.1) is 11.3 Å². The molecule has 0 aliphatic heterocycles. The minimum Gasteiger partial charge on any atom is -0.303 e. The van der Waals surface area contributed by atoms with Gasteiger partial charge in [-0.1, -0.05) is 28.1 Å². The van der Waals surface area contributed by atoms with Gasteiger partial charge in [-0.2, -0.15) is 0 Å². The second-order valence-electron chi connectivity index (χ2n) is 4.85. The minimum absolute atomic E-state index is 0.0445. The first-order valence-corrected chi connectivity index (χ1v) is 7.56. The molecule has 0 spiro atoms. The van der Waals surface area contributed by atoms with E-state index in [1.807, 2.05) is 5.51 Å². The molecule has 1 N–H and O–H groups in total. The molecule has 1 aromatic carbocycles. The smallest absolute Gasteiger partial charge is 0.0798 e. The Bertz CT molecular complexity index is 517. The van der Waals surface area contributed by atoms with Crippen LogP contribution < -0.4 is 5.32 Å². The number of halogens is 1. The van der Waals surface area contributed by atoms with Gasteiger partial charge >= 0.3 is 0 Å². The highest BCUT2D eigenvalue weighted by Crippen LogP contribution is 2.23. The molecule has 0 aliphatic carbocycles.